The molecular weight excluding hydrogens is 238 g/mol. The zero-order valence-electron chi connectivity index (χ0n) is 10.8. The van der Waals surface area contributed by atoms with Crippen molar-refractivity contribution in [3.05, 3.63) is 0 Å². The van der Waals surface area contributed by atoms with Gasteiger partial charge in [0.25, 0.3) is 0 Å². The molecule has 0 aromatic rings. The first kappa shape index (κ1) is 14.7. The summed E-state index contributed by atoms with van der Waals surface area (Å²) in [6.07, 6.45) is 0. The number of amides is 2. The van der Waals surface area contributed by atoms with Gasteiger partial charge in [0, 0.05) is 25.7 Å². The van der Waals surface area contributed by atoms with Gasteiger partial charge in [-0.05, 0) is 13.5 Å². The number of nitrogens with zero attached hydrogens (tertiary/aromatic N) is 2. The normalized spacial score (nSPS) is 22.6. The number of piperazine rings is 1. The van der Waals surface area contributed by atoms with Crippen LogP contribution in [-0.4, -0.2) is 76.9 Å². The number of carboxylic acid groups (broad SMARTS) is 1. The molecule has 1 aliphatic rings. The van der Waals surface area contributed by atoms with Gasteiger partial charge in [0.1, 0.15) is 0 Å². The minimum atomic E-state index is -1.24. The molecule has 104 valence electrons. The van der Waals surface area contributed by atoms with E-state index in [2.05, 4.69) is 17.1 Å². The molecule has 2 amide bonds. The monoisotopic (exact) mass is 259 g/mol. The number of aliphatic carboxylic acids is 1. The first-order valence-electron chi connectivity index (χ1n) is 6.12. The number of aliphatic hydroxyl groups excluding tert-OH is 1. The molecule has 0 aliphatic carbocycles. The predicted octanol–water partition coefficient (Wildman–Crippen LogP) is -0.832. The largest absolute Gasteiger partial charge is 0.480 e. The number of aliphatic hydroxyl groups is 1. The third kappa shape index (κ3) is 3.58. The van der Waals surface area contributed by atoms with Gasteiger partial charge in [-0.3, -0.25) is 4.90 Å². The Hall–Kier alpha value is -1.34. The number of carbonyl (C=O) groups is 2. The first-order chi connectivity index (χ1) is 8.49. The van der Waals surface area contributed by atoms with E-state index in [0.29, 0.717) is 13.1 Å². The van der Waals surface area contributed by atoms with Gasteiger partial charge in [-0.1, -0.05) is 6.92 Å². The molecule has 0 aromatic heterocycles. The predicted molar refractivity (Wildman–Crippen MR) is 65.3 cm³/mol. The van der Waals surface area contributed by atoms with E-state index >= 15 is 0 Å². The Kier molecular flexibility index (Phi) is 5.36. The lowest BCUT2D eigenvalue weighted by atomic mass is 10.2. The van der Waals surface area contributed by atoms with Crippen LogP contribution in [-0.2, 0) is 4.79 Å². The Morgan fingerprint density at radius 3 is 2.56 bits per heavy atom. The highest BCUT2D eigenvalue weighted by atomic mass is 16.4. The summed E-state index contributed by atoms with van der Waals surface area (Å²) in [6, 6.07) is -1.41. The summed E-state index contributed by atoms with van der Waals surface area (Å²) >= 11 is 0. The lowest BCUT2D eigenvalue weighted by molar-refractivity contribution is -0.140. The summed E-state index contributed by atoms with van der Waals surface area (Å²) in [4.78, 5) is 26.4. The van der Waals surface area contributed by atoms with Crippen molar-refractivity contribution in [2.24, 2.45) is 0 Å². The standard InChI is InChI=1S/C11H21N3O4/c1-3-13-4-5-14(6-8(13)2)11(18)12-9(7-15)10(16)17/h8-9,15H,3-7H2,1-2H3,(H,12,18)(H,16,17)/t8?,9-/m1/s1. The van der Waals surface area contributed by atoms with E-state index in [1.807, 2.05) is 6.92 Å². The van der Waals surface area contributed by atoms with Gasteiger partial charge in [0.05, 0.1) is 6.61 Å². The highest BCUT2D eigenvalue weighted by molar-refractivity contribution is 5.82. The van der Waals surface area contributed by atoms with Gasteiger partial charge in [-0.15, -0.1) is 0 Å². The second-order valence-corrected chi connectivity index (χ2v) is 4.45. The number of hydrogen-bond donors (Lipinski definition) is 3. The molecule has 0 radical (unpaired) electrons. The molecule has 0 aromatic carbocycles. The SMILES string of the molecule is CCN1CCN(C(=O)N[C@H](CO)C(=O)O)CC1C. The van der Waals surface area contributed by atoms with Gasteiger partial charge in [-0.2, -0.15) is 0 Å². The van der Waals surface area contributed by atoms with Crippen LogP contribution < -0.4 is 5.32 Å². The molecule has 18 heavy (non-hydrogen) atoms. The Bertz CT molecular complexity index is 311. The number of urea groups is 1. The molecule has 7 nitrogen and oxygen atoms in total. The lowest BCUT2D eigenvalue weighted by Gasteiger charge is -2.39. The van der Waals surface area contributed by atoms with Gasteiger partial charge in [0.15, 0.2) is 6.04 Å². The molecular formula is C11H21N3O4. The maximum absolute atomic E-state index is 11.8. The van der Waals surface area contributed by atoms with E-state index in [4.69, 9.17) is 10.2 Å². The molecule has 1 rings (SSSR count). The number of nitrogens with one attached hydrogen (secondary N) is 1. The van der Waals surface area contributed by atoms with Crippen molar-refractivity contribution >= 4 is 12.0 Å². The highest BCUT2D eigenvalue weighted by Crippen LogP contribution is 2.09. The quantitative estimate of drug-likeness (QED) is 0.612. The number of likely N-dealkylation sites (N-methyl/N-ethyl adjacent to an activating group) is 1. The average Bonchev–Trinajstić information content (AvgIpc) is 2.35. The maximum Gasteiger partial charge on any atom is 0.328 e. The second-order valence-electron chi connectivity index (χ2n) is 4.45. The molecule has 0 spiro atoms. The van der Waals surface area contributed by atoms with Crippen LogP contribution in [0.4, 0.5) is 4.79 Å². The van der Waals surface area contributed by atoms with Crippen molar-refractivity contribution in [1.82, 2.24) is 15.1 Å². The van der Waals surface area contributed by atoms with E-state index in [-0.39, 0.29) is 6.04 Å². The Morgan fingerprint density at radius 1 is 1.44 bits per heavy atom. The van der Waals surface area contributed by atoms with Crippen molar-refractivity contribution in [2.45, 2.75) is 25.9 Å². The zero-order valence-corrected chi connectivity index (χ0v) is 10.8. The van der Waals surface area contributed by atoms with Crippen molar-refractivity contribution in [3.8, 4) is 0 Å². The van der Waals surface area contributed by atoms with Gasteiger partial charge >= 0.3 is 12.0 Å². The smallest absolute Gasteiger partial charge is 0.328 e. The van der Waals surface area contributed by atoms with Crippen molar-refractivity contribution < 1.29 is 19.8 Å². The molecule has 1 saturated heterocycles. The van der Waals surface area contributed by atoms with Crippen LogP contribution in [0.5, 0.6) is 0 Å². The molecule has 0 saturated carbocycles. The van der Waals surface area contributed by atoms with E-state index in [1.54, 1.807) is 4.90 Å². The Labute approximate surface area is 106 Å². The maximum atomic E-state index is 11.8. The number of rotatable bonds is 4. The summed E-state index contributed by atoms with van der Waals surface area (Å²) in [5, 5.41) is 19.9. The zero-order chi connectivity index (χ0) is 13.7. The second kappa shape index (κ2) is 6.55. The number of hydrogen-bond acceptors (Lipinski definition) is 4. The minimum absolute atomic E-state index is 0.256. The van der Waals surface area contributed by atoms with Crippen LogP contribution in [0.25, 0.3) is 0 Å². The molecule has 0 bridgehead atoms. The lowest BCUT2D eigenvalue weighted by Crippen LogP contribution is -2.58. The summed E-state index contributed by atoms with van der Waals surface area (Å²) in [6.45, 7) is 6.35. The van der Waals surface area contributed by atoms with Crippen molar-refractivity contribution in [2.75, 3.05) is 32.8 Å². The van der Waals surface area contributed by atoms with E-state index < -0.39 is 24.6 Å². The third-order valence-electron chi connectivity index (χ3n) is 3.24. The van der Waals surface area contributed by atoms with E-state index in [1.165, 1.54) is 0 Å². The van der Waals surface area contributed by atoms with Crippen LogP contribution in [0.15, 0.2) is 0 Å². The van der Waals surface area contributed by atoms with Gasteiger partial charge < -0.3 is 20.4 Å². The topological polar surface area (TPSA) is 93.1 Å². The molecule has 3 N–H and O–H groups in total. The third-order valence-corrected chi connectivity index (χ3v) is 3.24. The minimum Gasteiger partial charge on any atom is -0.480 e. The fourth-order valence-corrected chi connectivity index (χ4v) is 2.08. The molecule has 1 heterocycles. The molecule has 2 atom stereocenters. The summed E-state index contributed by atoms with van der Waals surface area (Å²) < 4.78 is 0. The molecule has 1 unspecified atom stereocenters. The summed E-state index contributed by atoms with van der Waals surface area (Å²) in [7, 11) is 0. The highest BCUT2D eigenvalue weighted by Gasteiger charge is 2.28. The van der Waals surface area contributed by atoms with Crippen LogP contribution in [0.3, 0.4) is 0 Å². The molecule has 1 aliphatic heterocycles. The van der Waals surface area contributed by atoms with Crippen LogP contribution in [0, 0.1) is 0 Å². The summed E-state index contributed by atoms with van der Waals surface area (Å²) in [5.74, 6) is -1.23. The van der Waals surface area contributed by atoms with Crippen LogP contribution >= 0.6 is 0 Å². The Morgan fingerprint density at radius 2 is 2.11 bits per heavy atom. The van der Waals surface area contributed by atoms with Gasteiger partial charge in [-0.25, -0.2) is 9.59 Å². The van der Waals surface area contributed by atoms with Crippen LogP contribution in [0.2, 0.25) is 0 Å². The fraction of sp³-hybridized carbons (Fsp3) is 0.818. The average molecular weight is 259 g/mol. The molecule has 7 heteroatoms. The number of carbonyl (C=O) groups excluding carboxylic acids is 1. The Balaban J connectivity index is 2.51. The van der Waals surface area contributed by atoms with Crippen LogP contribution in [0.1, 0.15) is 13.8 Å². The first-order valence-corrected chi connectivity index (χ1v) is 6.12. The summed E-state index contributed by atoms with van der Waals surface area (Å²) in [5.41, 5.74) is 0. The van der Waals surface area contributed by atoms with Crippen molar-refractivity contribution in [3.63, 3.8) is 0 Å². The number of carboxylic acids is 1. The van der Waals surface area contributed by atoms with E-state index in [9.17, 15) is 9.59 Å². The molecule has 1 fully saturated rings. The van der Waals surface area contributed by atoms with E-state index in [0.717, 1.165) is 13.1 Å². The van der Waals surface area contributed by atoms with Gasteiger partial charge in [0.2, 0.25) is 0 Å². The fourth-order valence-electron chi connectivity index (χ4n) is 2.08. The van der Waals surface area contributed by atoms with Crippen molar-refractivity contribution in [1.29, 1.82) is 0 Å².